The van der Waals surface area contributed by atoms with Crippen molar-refractivity contribution in [3.8, 4) is 5.75 Å². The highest BCUT2D eigenvalue weighted by Gasteiger charge is 2.52. The van der Waals surface area contributed by atoms with Gasteiger partial charge in [-0.1, -0.05) is 60.7 Å². The lowest BCUT2D eigenvalue weighted by Crippen LogP contribution is -2.64. The Morgan fingerprint density at radius 2 is 1.48 bits per heavy atom. The van der Waals surface area contributed by atoms with Gasteiger partial charge >= 0.3 is 0 Å². The van der Waals surface area contributed by atoms with Crippen molar-refractivity contribution in [2.24, 2.45) is 0 Å². The van der Waals surface area contributed by atoms with Gasteiger partial charge in [-0.2, -0.15) is 0 Å². The molecule has 164 valence electrons. The van der Waals surface area contributed by atoms with Gasteiger partial charge in [-0.05, 0) is 12.1 Å². The van der Waals surface area contributed by atoms with Crippen LogP contribution in [0, 0.1) is 0 Å². The van der Waals surface area contributed by atoms with Crippen LogP contribution in [-0.2, 0) is 23.7 Å². The van der Waals surface area contributed by atoms with Crippen molar-refractivity contribution in [1.82, 2.24) is 0 Å². The molecule has 0 amide bonds. The van der Waals surface area contributed by atoms with Gasteiger partial charge in [0.15, 0.2) is 6.29 Å². The third kappa shape index (κ3) is 5.23. The van der Waals surface area contributed by atoms with Crippen LogP contribution in [0.1, 0.15) is 11.9 Å². The predicted molar refractivity (Wildman–Crippen MR) is 116 cm³/mol. The van der Waals surface area contributed by atoms with Crippen LogP contribution in [0.3, 0.4) is 0 Å². The van der Waals surface area contributed by atoms with E-state index in [1.165, 1.54) is 0 Å². The maximum atomic E-state index is 6.33. The Morgan fingerprint density at radius 1 is 0.839 bits per heavy atom. The summed E-state index contributed by atoms with van der Waals surface area (Å²) >= 11 is 0. The predicted octanol–water partition coefficient (Wildman–Crippen LogP) is 4.05. The third-order valence-corrected chi connectivity index (χ3v) is 5.16. The highest BCUT2D eigenvalue weighted by Crippen LogP contribution is 2.37. The first-order chi connectivity index (χ1) is 15.3. The van der Waals surface area contributed by atoms with E-state index in [2.05, 4.69) is 13.2 Å². The van der Waals surface area contributed by atoms with Crippen molar-refractivity contribution in [3.63, 3.8) is 0 Å². The van der Waals surface area contributed by atoms with Gasteiger partial charge in [-0.15, -0.1) is 13.2 Å². The van der Waals surface area contributed by atoms with Gasteiger partial charge in [-0.25, -0.2) is 0 Å². The molecule has 2 heterocycles. The second kappa shape index (κ2) is 10.7. The van der Waals surface area contributed by atoms with Crippen LogP contribution >= 0.6 is 0 Å². The SMILES string of the molecule is C=CCO[C@H]1[C@H]2O[C@H](c3ccccc3)OC[C@H]2O[C@@H](Oc2ccccc2)[C@@H]1OCC=C. The van der Waals surface area contributed by atoms with E-state index in [1.54, 1.807) is 12.2 Å². The molecule has 2 aromatic carbocycles. The van der Waals surface area contributed by atoms with Crippen LogP contribution in [0.15, 0.2) is 86.0 Å². The molecule has 2 aliphatic heterocycles. The Bertz CT molecular complexity index is 826. The lowest BCUT2D eigenvalue weighted by atomic mass is 9.97. The standard InChI is InChI=1S/C25H28O6/c1-3-15-26-22-21-20(17-28-24(31-21)18-11-7-5-8-12-18)30-25(23(22)27-16-4-2)29-19-13-9-6-10-14-19/h3-14,20-25H,1-2,15-17H2/t20-,21+,22+,23-,24-,25-/m1/s1. The van der Waals surface area contributed by atoms with Crippen molar-refractivity contribution < 1.29 is 28.4 Å². The average Bonchev–Trinajstić information content (AvgIpc) is 2.82. The molecule has 2 saturated heterocycles. The maximum Gasteiger partial charge on any atom is 0.229 e. The molecule has 0 spiro atoms. The quantitative estimate of drug-likeness (QED) is 0.566. The zero-order valence-corrected chi connectivity index (χ0v) is 17.4. The van der Waals surface area contributed by atoms with Crippen molar-refractivity contribution in [3.05, 3.63) is 91.5 Å². The van der Waals surface area contributed by atoms with Crippen LogP contribution in [0.25, 0.3) is 0 Å². The zero-order valence-electron chi connectivity index (χ0n) is 17.4. The van der Waals surface area contributed by atoms with Crippen molar-refractivity contribution in [2.75, 3.05) is 19.8 Å². The number of fused-ring (bicyclic) bond motifs is 1. The summed E-state index contributed by atoms with van der Waals surface area (Å²) in [5.41, 5.74) is 0.939. The van der Waals surface area contributed by atoms with Gasteiger partial charge in [0, 0.05) is 5.56 Å². The largest absolute Gasteiger partial charge is 0.462 e. The van der Waals surface area contributed by atoms with E-state index in [0.29, 0.717) is 25.6 Å². The Balaban J connectivity index is 1.58. The minimum atomic E-state index is -0.695. The van der Waals surface area contributed by atoms with E-state index in [9.17, 15) is 0 Å². The van der Waals surface area contributed by atoms with Crippen LogP contribution < -0.4 is 4.74 Å². The number of para-hydroxylation sites is 1. The molecular weight excluding hydrogens is 396 g/mol. The molecule has 31 heavy (non-hydrogen) atoms. The Labute approximate surface area is 183 Å². The average molecular weight is 424 g/mol. The van der Waals surface area contributed by atoms with Crippen LogP contribution in [0.2, 0.25) is 0 Å². The third-order valence-electron chi connectivity index (χ3n) is 5.16. The van der Waals surface area contributed by atoms with Gasteiger partial charge in [0.25, 0.3) is 0 Å². The van der Waals surface area contributed by atoms with Gasteiger partial charge in [0.05, 0.1) is 19.8 Å². The molecule has 2 aliphatic rings. The molecule has 0 aromatic heterocycles. The number of hydrogen-bond acceptors (Lipinski definition) is 6. The van der Waals surface area contributed by atoms with E-state index in [4.69, 9.17) is 28.4 Å². The molecule has 6 nitrogen and oxygen atoms in total. The molecule has 6 heteroatoms. The molecule has 0 unspecified atom stereocenters. The zero-order chi connectivity index (χ0) is 21.5. The van der Waals surface area contributed by atoms with E-state index >= 15 is 0 Å². The van der Waals surface area contributed by atoms with Gasteiger partial charge in [0.1, 0.15) is 30.2 Å². The summed E-state index contributed by atoms with van der Waals surface area (Å²) in [6, 6.07) is 19.3. The fourth-order valence-electron chi connectivity index (χ4n) is 3.78. The molecule has 0 N–H and O–H groups in total. The fraction of sp³-hybridized carbons (Fsp3) is 0.360. The van der Waals surface area contributed by atoms with Crippen LogP contribution in [0.5, 0.6) is 5.75 Å². The first-order valence-corrected chi connectivity index (χ1v) is 10.4. The highest BCUT2D eigenvalue weighted by molar-refractivity contribution is 5.21. The van der Waals surface area contributed by atoms with Gasteiger partial charge in [-0.3, -0.25) is 0 Å². The number of hydrogen-bond donors (Lipinski definition) is 0. The molecule has 0 radical (unpaired) electrons. The lowest BCUT2D eigenvalue weighted by Gasteiger charge is -2.48. The Hall–Kier alpha value is -2.48. The molecule has 6 atom stereocenters. The van der Waals surface area contributed by atoms with Gasteiger partial charge < -0.3 is 28.4 Å². The van der Waals surface area contributed by atoms with Crippen molar-refractivity contribution in [1.29, 1.82) is 0 Å². The van der Waals surface area contributed by atoms with E-state index in [1.807, 2.05) is 60.7 Å². The summed E-state index contributed by atoms with van der Waals surface area (Å²) in [6.07, 6.45) is 0.446. The molecule has 0 bridgehead atoms. The van der Waals surface area contributed by atoms with Crippen molar-refractivity contribution >= 4 is 0 Å². The normalized spacial score (nSPS) is 30.2. The summed E-state index contributed by atoms with van der Waals surface area (Å²) in [7, 11) is 0. The van der Waals surface area contributed by atoms with Crippen LogP contribution in [0.4, 0.5) is 0 Å². The Morgan fingerprint density at radius 3 is 2.16 bits per heavy atom. The van der Waals surface area contributed by atoms with Gasteiger partial charge in [0.2, 0.25) is 6.29 Å². The highest BCUT2D eigenvalue weighted by atomic mass is 16.8. The molecule has 0 aliphatic carbocycles. The first-order valence-electron chi connectivity index (χ1n) is 10.4. The molecular formula is C25H28O6. The minimum absolute atomic E-state index is 0.326. The summed E-state index contributed by atoms with van der Waals surface area (Å²) in [5, 5.41) is 0. The number of rotatable bonds is 9. The maximum absolute atomic E-state index is 6.33. The number of benzene rings is 2. The summed E-state index contributed by atoms with van der Waals surface area (Å²) in [5.74, 6) is 0.681. The topological polar surface area (TPSA) is 55.4 Å². The van der Waals surface area contributed by atoms with E-state index in [0.717, 1.165) is 5.56 Å². The number of ether oxygens (including phenoxy) is 6. The van der Waals surface area contributed by atoms with Crippen LogP contribution in [-0.4, -0.2) is 50.5 Å². The van der Waals surface area contributed by atoms with E-state index in [-0.39, 0.29) is 6.10 Å². The summed E-state index contributed by atoms with van der Waals surface area (Å²) in [6.45, 7) is 8.56. The first kappa shape index (κ1) is 21.7. The monoisotopic (exact) mass is 424 g/mol. The minimum Gasteiger partial charge on any atom is -0.462 e. The lowest BCUT2D eigenvalue weighted by molar-refractivity contribution is -0.357. The van der Waals surface area contributed by atoms with Crippen molar-refractivity contribution in [2.45, 2.75) is 37.0 Å². The second-order valence-corrected chi connectivity index (χ2v) is 7.32. The summed E-state index contributed by atoms with van der Waals surface area (Å²) in [4.78, 5) is 0. The second-order valence-electron chi connectivity index (χ2n) is 7.32. The Kier molecular flexibility index (Phi) is 7.51. The summed E-state index contributed by atoms with van der Waals surface area (Å²) < 4.78 is 36.9. The smallest absolute Gasteiger partial charge is 0.229 e. The van der Waals surface area contributed by atoms with E-state index < -0.39 is 30.9 Å². The molecule has 2 fully saturated rings. The molecule has 2 aromatic rings. The molecule has 4 rings (SSSR count). The fourth-order valence-corrected chi connectivity index (χ4v) is 3.78. The molecule has 0 saturated carbocycles.